The fourth-order valence-corrected chi connectivity index (χ4v) is 1.30. The van der Waals surface area contributed by atoms with Crippen LogP contribution in [0.4, 0.5) is 0 Å². The third-order valence-corrected chi connectivity index (χ3v) is 2.17. The van der Waals surface area contributed by atoms with E-state index in [2.05, 4.69) is 30.9 Å². The summed E-state index contributed by atoms with van der Waals surface area (Å²) in [6.07, 6.45) is 16.6. The van der Waals surface area contributed by atoms with Crippen molar-refractivity contribution in [3.63, 3.8) is 0 Å². The zero-order valence-corrected chi connectivity index (χ0v) is 9.90. The topological polar surface area (TPSA) is 37.3 Å². The van der Waals surface area contributed by atoms with Crippen LogP contribution in [-0.4, -0.2) is 11.1 Å². The predicted octanol–water partition coefficient (Wildman–Crippen LogP) is 4.10. The minimum atomic E-state index is -0.692. The summed E-state index contributed by atoms with van der Waals surface area (Å²) >= 11 is 0. The maximum Gasteiger partial charge on any atom is 0.303 e. The van der Waals surface area contributed by atoms with Crippen LogP contribution in [0.1, 0.15) is 44.9 Å². The molecule has 0 saturated heterocycles. The summed E-state index contributed by atoms with van der Waals surface area (Å²) in [5, 5.41) is 8.43. The lowest BCUT2D eigenvalue weighted by molar-refractivity contribution is -0.137. The number of aliphatic carboxylic acids is 1. The van der Waals surface area contributed by atoms with E-state index < -0.39 is 5.97 Å². The molecule has 0 unspecified atom stereocenters. The number of carboxylic acids is 1. The van der Waals surface area contributed by atoms with Gasteiger partial charge in [0.05, 0.1) is 0 Å². The lowest BCUT2D eigenvalue weighted by Crippen LogP contribution is -1.93. The highest BCUT2D eigenvalue weighted by Gasteiger charge is 1.94. The van der Waals surface area contributed by atoms with E-state index in [9.17, 15) is 4.79 Å². The number of hydrogen-bond acceptors (Lipinski definition) is 1. The lowest BCUT2D eigenvalue weighted by Gasteiger charge is -1.94. The van der Waals surface area contributed by atoms with Crippen LogP contribution in [0.2, 0.25) is 0 Å². The number of carboxylic acid groups (broad SMARTS) is 1. The van der Waals surface area contributed by atoms with E-state index in [1.165, 1.54) is 0 Å². The van der Waals surface area contributed by atoms with Crippen molar-refractivity contribution >= 4 is 5.97 Å². The third kappa shape index (κ3) is 12.7. The van der Waals surface area contributed by atoms with Crippen molar-refractivity contribution in [2.45, 2.75) is 44.9 Å². The number of carbonyl (C=O) groups is 1. The highest BCUT2D eigenvalue weighted by atomic mass is 16.4. The zero-order valence-electron chi connectivity index (χ0n) is 9.90. The van der Waals surface area contributed by atoms with Crippen molar-refractivity contribution in [1.29, 1.82) is 0 Å². The van der Waals surface area contributed by atoms with Gasteiger partial charge in [-0.2, -0.15) is 0 Å². The van der Waals surface area contributed by atoms with Crippen LogP contribution in [0, 0.1) is 0 Å². The van der Waals surface area contributed by atoms with Crippen LogP contribution in [0.25, 0.3) is 0 Å². The molecule has 0 spiro atoms. The Morgan fingerprint density at radius 1 is 1.00 bits per heavy atom. The van der Waals surface area contributed by atoms with Crippen LogP contribution < -0.4 is 0 Å². The molecule has 0 amide bonds. The molecule has 0 bridgehead atoms. The Balaban J connectivity index is 3.21. The molecule has 2 heteroatoms. The van der Waals surface area contributed by atoms with Gasteiger partial charge in [-0.25, -0.2) is 0 Å². The van der Waals surface area contributed by atoms with Gasteiger partial charge in [0, 0.05) is 6.42 Å². The summed E-state index contributed by atoms with van der Waals surface area (Å²) in [7, 11) is 0. The van der Waals surface area contributed by atoms with Crippen LogP contribution in [0.5, 0.6) is 0 Å². The molecule has 0 radical (unpaired) electrons. The second kappa shape index (κ2) is 11.8. The van der Waals surface area contributed by atoms with Gasteiger partial charge in [-0.05, 0) is 32.1 Å². The average molecular weight is 222 g/mol. The molecule has 0 saturated carbocycles. The first-order valence-electron chi connectivity index (χ1n) is 5.90. The summed E-state index contributed by atoms with van der Waals surface area (Å²) in [6, 6.07) is 0. The largest absolute Gasteiger partial charge is 0.481 e. The fraction of sp³-hybridized carbons (Fsp3) is 0.500. The van der Waals surface area contributed by atoms with E-state index in [4.69, 9.17) is 5.11 Å². The third-order valence-electron chi connectivity index (χ3n) is 2.17. The van der Waals surface area contributed by atoms with Crippen molar-refractivity contribution in [3.8, 4) is 0 Å². The summed E-state index contributed by atoms with van der Waals surface area (Å²) in [4.78, 5) is 10.2. The van der Waals surface area contributed by atoms with Crippen molar-refractivity contribution in [2.75, 3.05) is 0 Å². The Morgan fingerprint density at radius 3 is 2.38 bits per heavy atom. The van der Waals surface area contributed by atoms with Crippen LogP contribution >= 0.6 is 0 Å². The molecule has 16 heavy (non-hydrogen) atoms. The quantitative estimate of drug-likeness (QED) is 0.446. The standard InChI is InChI=1S/C14H22O2/c1-2-3-4-5-6-7-8-9-10-11-12-13-14(15)16/h2,4-5,7-8H,1,3,6,9-13H2,(H,15,16)/b5-4-,8-7-. The van der Waals surface area contributed by atoms with E-state index >= 15 is 0 Å². The second-order valence-corrected chi connectivity index (χ2v) is 3.70. The number of rotatable bonds is 10. The molecule has 0 aliphatic rings. The Hall–Kier alpha value is -1.31. The van der Waals surface area contributed by atoms with Crippen molar-refractivity contribution in [1.82, 2.24) is 0 Å². The van der Waals surface area contributed by atoms with Gasteiger partial charge in [0.1, 0.15) is 0 Å². The molecule has 0 fully saturated rings. The van der Waals surface area contributed by atoms with Gasteiger partial charge in [0.15, 0.2) is 0 Å². The van der Waals surface area contributed by atoms with E-state index in [1.807, 2.05) is 6.08 Å². The molecular weight excluding hydrogens is 200 g/mol. The van der Waals surface area contributed by atoms with E-state index in [-0.39, 0.29) is 0 Å². The predicted molar refractivity (Wildman–Crippen MR) is 68.4 cm³/mol. The Bertz CT molecular complexity index is 239. The summed E-state index contributed by atoms with van der Waals surface area (Å²) in [5.41, 5.74) is 0. The molecule has 0 aromatic heterocycles. The summed E-state index contributed by atoms with van der Waals surface area (Å²) in [5.74, 6) is -0.692. The fourth-order valence-electron chi connectivity index (χ4n) is 1.30. The van der Waals surface area contributed by atoms with E-state index in [0.717, 1.165) is 38.5 Å². The van der Waals surface area contributed by atoms with Crippen molar-refractivity contribution in [3.05, 3.63) is 37.0 Å². The van der Waals surface area contributed by atoms with Crippen LogP contribution in [0.15, 0.2) is 37.0 Å². The minimum absolute atomic E-state index is 0.300. The number of unbranched alkanes of at least 4 members (excludes halogenated alkanes) is 3. The maximum absolute atomic E-state index is 10.2. The van der Waals surface area contributed by atoms with Gasteiger partial charge in [-0.3, -0.25) is 4.79 Å². The number of hydrogen-bond donors (Lipinski definition) is 1. The molecule has 0 rings (SSSR count). The first-order chi connectivity index (χ1) is 7.77. The van der Waals surface area contributed by atoms with Gasteiger partial charge in [0.2, 0.25) is 0 Å². The molecule has 0 aromatic carbocycles. The van der Waals surface area contributed by atoms with Crippen molar-refractivity contribution in [2.24, 2.45) is 0 Å². The zero-order chi connectivity index (χ0) is 12.1. The monoisotopic (exact) mass is 222 g/mol. The molecule has 90 valence electrons. The first-order valence-corrected chi connectivity index (χ1v) is 5.90. The van der Waals surface area contributed by atoms with Crippen molar-refractivity contribution < 1.29 is 9.90 Å². The lowest BCUT2D eigenvalue weighted by atomic mass is 10.1. The average Bonchev–Trinajstić information content (AvgIpc) is 2.25. The second-order valence-electron chi connectivity index (χ2n) is 3.70. The van der Waals surface area contributed by atoms with Gasteiger partial charge in [-0.1, -0.05) is 36.8 Å². The van der Waals surface area contributed by atoms with Crippen LogP contribution in [-0.2, 0) is 4.79 Å². The van der Waals surface area contributed by atoms with E-state index in [1.54, 1.807) is 0 Å². The molecule has 0 atom stereocenters. The number of allylic oxidation sites excluding steroid dienone is 5. The smallest absolute Gasteiger partial charge is 0.303 e. The molecule has 0 aromatic rings. The van der Waals surface area contributed by atoms with E-state index in [0.29, 0.717) is 6.42 Å². The molecule has 2 nitrogen and oxygen atoms in total. The Morgan fingerprint density at radius 2 is 1.69 bits per heavy atom. The molecule has 0 aliphatic heterocycles. The van der Waals surface area contributed by atoms with Crippen LogP contribution in [0.3, 0.4) is 0 Å². The molecule has 0 heterocycles. The maximum atomic E-state index is 10.2. The minimum Gasteiger partial charge on any atom is -0.481 e. The summed E-state index contributed by atoms with van der Waals surface area (Å²) in [6.45, 7) is 3.64. The van der Waals surface area contributed by atoms with Gasteiger partial charge < -0.3 is 5.11 Å². The highest BCUT2D eigenvalue weighted by molar-refractivity contribution is 5.66. The van der Waals surface area contributed by atoms with Gasteiger partial charge in [0.25, 0.3) is 0 Å². The Labute approximate surface area is 98.4 Å². The normalized spacial score (nSPS) is 11.2. The highest BCUT2D eigenvalue weighted by Crippen LogP contribution is 2.04. The molecule has 1 N–H and O–H groups in total. The SMILES string of the molecule is C=CC/C=C\C/C=C\CCCCCC(=O)O. The first kappa shape index (κ1) is 14.7. The van der Waals surface area contributed by atoms with Gasteiger partial charge in [-0.15, -0.1) is 6.58 Å². The summed E-state index contributed by atoms with van der Waals surface area (Å²) < 4.78 is 0. The van der Waals surface area contributed by atoms with Gasteiger partial charge >= 0.3 is 5.97 Å². The molecule has 0 aliphatic carbocycles. The Kier molecular flexibility index (Phi) is 10.8. The molecular formula is C14H22O2.